The molecule has 6 heteroatoms. The molecule has 4 aliphatic rings. The van der Waals surface area contributed by atoms with Gasteiger partial charge in [-0.1, -0.05) is 0 Å². The van der Waals surface area contributed by atoms with Crippen LogP contribution in [0.3, 0.4) is 0 Å². The molecule has 0 aliphatic heterocycles. The Balaban J connectivity index is 0.000000481. The van der Waals surface area contributed by atoms with Crippen LogP contribution in [0.4, 0.5) is 0 Å². The van der Waals surface area contributed by atoms with Gasteiger partial charge in [-0.3, -0.25) is 0 Å². The van der Waals surface area contributed by atoms with Crippen molar-refractivity contribution in [2.45, 2.75) is 147 Å². The zero-order valence-corrected chi connectivity index (χ0v) is 45.3. The maximum absolute atomic E-state index is 2.63. The summed E-state index contributed by atoms with van der Waals surface area (Å²) in [6.07, 6.45) is 29.7. The van der Waals surface area contributed by atoms with Gasteiger partial charge in [-0.05, 0) is 0 Å². The molecule has 0 fully saturated rings. The summed E-state index contributed by atoms with van der Waals surface area (Å²) in [6.45, 7) is 34.3. The van der Waals surface area contributed by atoms with E-state index < -0.39 is 53.2 Å². The summed E-state index contributed by atoms with van der Waals surface area (Å²) in [5, 5.41) is 0. The number of halogens is 2. The minimum Gasteiger partial charge on any atom is -1.00 e. The fourth-order valence-corrected chi connectivity index (χ4v) is 68.9. The zero-order valence-electron chi connectivity index (χ0n) is 34.3. The van der Waals surface area contributed by atoms with E-state index in [9.17, 15) is 0 Å². The first-order valence-electron chi connectivity index (χ1n) is 19.4. The average molecular weight is 1080 g/mol. The Morgan fingerprint density at radius 2 is 0.940 bits per heavy atom. The standard InChI is InChI=1S/2C11H15.2C9H13.2C2H7Si.2ClH.2Hf/c2*1-2-3-4-5-8-11-9-6-7-10-11;2*1-6-5-7(2)9(4)8(6)3;2*1-3-2;;;;/h2*5-6,8-9H,2-4,7H2,1H3;2*6H,1-4H3;2*3H,1-2H3;2*1H;;/q;;;;;;;;2*+1/p-2/b2*8-5+;;;;;;;;. The van der Waals surface area contributed by atoms with Crippen LogP contribution in [0.15, 0.2) is 107 Å². The third-order valence-corrected chi connectivity index (χ3v) is 67.8. The van der Waals surface area contributed by atoms with Crippen molar-refractivity contribution in [2.75, 3.05) is 0 Å². The van der Waals surface area contributed by atoms with Crippen LogP contribution in [0, 0.1) is 11.8 Å². The first kappa shape index (κ1) is 48.2. The second-order valence-corrected chi connectivity index (χ2v) is 68.6. The third-order valence-electron chi connectivity index (χ3n) is 11.6. The molecule has 2 unspecified atom stereocenters. The minimum absolute atomic E-state index is 0. The normalized spacial score (nSPS) is 20.6. The third kappa shape index (κ3) is 11.6. The van der Waals surface area contributed by atoms with Crippen LogP contribution in [0.1, 0.15) is 121 Å². The molecule has 0 radical (unpaired) electrons. The number of hydrogen-bond acceptors (Lipinski definition) is 0. The van der Waals surface area contributed by atoms with E-state index in [0.717, 1.165) is 11.8 Å². The van der Waals surface area contributed by atoms with E-state index >= 15 is 0 Å². The van der Waals surface area contributed by atoms with Gasteiger partial charge in [-0.15, -0.1) is 0 Å². The zero-order chi connectivity index (χ0) is 35.7. The molecule has 0 aromatic carbocycles. The second kappa shape index (κ2) is 23.2. The van der Waals surface area contributed by atoms with Gasteiger partial charge in [0.1, 0.15) is 0 Å². The molecule has 0 amide bonds. The van der Waals surface area contributed by atoms with Crippen molar-refractivity contribution in [1.29, 1.82) is 0 Å². The van der Waals surface area contributed by atoms with Gasteiger partial charge in [0.05, 0.1) is 0 Å². The van der Waals surface area contributed by atoms with E-state index in [-0.39, 0.29) is 24.8 Å². The molecule has 0 heterocycles. The van der Waals surface area contributed by atoms with Crippen LogP contribution in [0.25, 0.3) is 0 Å². The Morgan fingerprint density at radius 3 is 1.20 bits per heavy atom. The Labute approximate surface area is 339 Å². The quantitative estimate of drug-likeness (QED) is 0.124. The summed E-state index contributed by atoms with van der Waals surface area (Å²) < 4.78 is 7.74. The van der Waals surface area contributed by atoms with E-state index in [1.165, 1.54) is 51.4 Å². The van der Waals surface area contributed by atoms with Crippen LogP contribution in [-0.2, 0) is 41.2 Å². The molecule has 0 nitrogen and oxygen atoms in total. The van der Waals surface area contributed by atoms with Crippen molar-refractivity contribution in [3.8, 4) is 0 Å². The second-order valence-electron chi connectivity index (χ2n) is 15.4. The topological polar surface area (TPSA) is 0 Å². The summed E-state index contributed by atoms with van der Waals surface area (Å²) >= 11 is -3.76. The monoisotopic (exact) mass is 1080 g/mol. The molecule has 4 aliphatic carbocycles. The Kier molecular flexibility index (Phi) is 22.3. The molecule has 0 N–H and O–H groups in total. The Bertz CT molecular complexity index is 1380. The molecular weight excluding hydrogens is 1010 g/mol. The van der Waals surface area contributed by atoms with E-state index in [2.05, 4.69) is 144 Å². The molecule has 0 aromatic heterocycles. The molecule has 2 atom stereocenters. The Morgan fingerprint density at radius 1 is 0.600 bits per heavy atom. The first-order valence-corrected chi connectivity index (χ1v) is 44.8. The largest absolute Gasteiger partial charge is 1.00 e. The number of rotatable bonds is 14. The van der Waals surface area contributed by atoms with E-state index in [4.69, 9.17) is 0 Å². The van der Waals surface area contributed by atoms with Crippen LogP contribution in [-0.4, -0.2) is 12.0 Å². The molecule has 0 aromatic rings. The van der Waals surface area contributed by atoms with Crippen molar-refractivity contribution >= 4 is 12.0 Å². The van der Waals surface area contributed by atoms with Gasteiger partial charge < -0.3 is 24.8 Å². The SMILES string of the molecule is CCCC/C=C/C1=[C]([Hf+]([C]2=C(C)C(C)=C(C)C2C)[SiH](C)C)CC=C1.CCCC/C=C/C1=[C]([Hf+]([C]2=C(C)C(C)=C(C)C2C)[SiH](C)C)CC=C1.[Cl-].[Cl-]. The van der Waals surface area contributed by atoms with Gasteiger partial charge in [-0.2, -0.15) is 0 Å². The fraction of sp³-hybridized carbons (Fsp3) is 0.545. The van der Waals surface area contributed by atoms with E-state index in [0.29, 0.717) is 0 Å². The van der Waals surface area contributed by atoms with Crippen LogP contribution >= 0.6 is 0 Å². The van der Waals surface area contributed by atoms with Crippen molar-refractivity contribution in [1.82, 2.24) is 0 Å². The average Bonchev–Trinajstić information content (AvgIpc) is 3.79. The number of allylic oxidation sites excluding steroid dienone is 20. The van der Waals surface area contributed by atoms with Crippen LogP contribution in [0.5, 0.6) is 0 Å². The molecule has 4 rings (SSSR count). The van der Waals surface area contributed by atoms with Gasteiger partial charge >= 0.3 is 318 Å². The van der Waals surface area contributed by atoms with Crippen molar-refractivity contribution in [3.05, 3.63) is 107 Å². The van der Waals surface area contributed by atoms with Crippen LogP contribution in [0.2, 0.25) is 26.2 Å². The minimum atomic E-state index is -1.88. The smallest absolute Gasteiger partial charge is 1.00 e. The predicted molar refractivity (Wildman–Crippen MR) is 217 cm³/mol. The Hall–Kier alpha value is 0.154. The predicted octanol–water partition coefficient (Wildman–Crippen LogP) is 7.63. The summed E-state index contributed by atoms with van der Waals surface area (Å²) in [7, 11) is 0. The molecule has 0 bridgehead atoms. The van der Waals surface area contributed by atoms with Crippen molar-refractivity contribution < 1.29 is 66.0 Å². The van der Waals surface area contributed by atoms with Gasteiger partial charge in [-0.25, -0.2) is 0 Å². The molecule has 0 saturated heterocycles. The summed E-state index contributed by atoms with van der Waals surface area (Å²) in [6, 6.07) is 0. The number of hydrogen-bond donors (Lipinski definition) is 0. The molecule has 276 valence electrons. The van der Waals surface area contributed by atoms with Gasteiger partial charge in [0, 0.05) is 0 Å². The van der Waals surface area contributed by atoms with Crippen LogP contribution < -0.4 is 24.8 Å². The van der Waals surface area contributed by atoms with Gasteiger partial charge in [0.25, 0.3) is 0 Å². The maximum atomic E-state index is 2.63. The molecule has 0 spiro atoms. The van der Waals surface area contributed by atoms with E-state index in [1.807, 2.05) is 13.3 Å². The van der Waals surface area contributed by atoms with E-state index in [1.54, 1.807) is 44.6 Å². The molecule has 50 heavy (non-hydrogen) atoms. The number of unbranched alkanes of at least 4 members (excludes halogenated alkanes) is 4. The van der Waals surface area contributed by atoms with Gasteiger partial charge in [0.2, 0.25) is 0 Å². The first-order chi connectivity index (χ1) is 22.8. The summed E-state index contributed by atoms with van der Waals surface area (Å²) in [5.74, 6) is 0.221. The maximum Gasteiger partial charge on any atom is -1.00 e. The van der Waals surface area contributed by atoms with Crippen molar-refractivity contribution in [3.63, 3.8) is 0 Å². The van der Waals surface area contributed by atoms with Crippen molar-refractivity contribution in [2.24, 2.45) is 11.8 Å². The molecule has 0 saturated carbocycles. The fourth-order valence-electron chi connectivity index (χ4n) is 8.19. The van der Waals surface area contributed by atoms with Gasteiger partial charge in [0.15, 0.2) is 0 Å². The molecular formula is C44H70Cl2Hf2Si2. The summed E-state index contributed by atoms with van der Waals surface area (Å²) in [4.78, 5) is 0. The summed E-state index contributed by atoms with van der Waals surface area (Å²) in [5.41, 5.74) is 13.0.